The Morgan fingerprint density at radius 3 is 1.93 bits per heavy atom. The fraction of sp³-hybridized carbons (Fsp3) is 0.200. The second-order valence-corrected chi connectivity index (χ2v) is 3.05. The molecular weight excluding hydrogens is 198 g/mol. The largest absolute Gasteiger partial charge is 0.481 e. The molecule has 0 aromatic heterocycles. The molecule has 0 saturated carbocycles. The van der Waals surface area contributed by atoms with E-state index in [-0.39, 0.29) is 12.8 Å². The Bertz CT molecular complexity index is 383. The molecule has 1 rings (SSSR count). The van der Waals surface area contributed by atoms with Gasteiger partial charge in [0.15, 0.2) is 0 Å². The number of carbonyl (C=O) groups is 2. The van der Waals surface area contributed by atoms with Crippen LogP contribution in [0.5, 0.6) is 0 Å². The number of benzene rings is 1. The van der Waals surface area contributed by atoms with Gasteiger partial charge in [-0.15, -0.1) is 4.91 Å². The molecule has 1 amide bonds. The second kappa shape index (κ2) is 4.99. The third kappa shape index (κ3) is 3.68. The summed E-state index contributed by atoms with van der Waals surface area (Å²) in [5.41, 5.74) is 1.30. The maximum absolute atomic E-state index is 10.7. The minimum absolute atomic E-state index is 0.0448. The van der Waals surface area contributed by atoms with Gasteiger partial charge in [-0.2, -0.15) is 0 Å². The Labute approximate surface area is 85.7 Å². The van der Waals surface area contributed by atoms with E-state index < -0.39 is 11.9 Å². The Morgan fingerprint density at radius 2 is 1.53 bits per heavy atom. The van der Waals surface area contributed by atoms with Crippen molar-refractivity contribution in [2.75, 3.05) is 0 Å². The van der Waals surface area contributed by atoms with Crippen LogP contribution in [0.4, 0.5) is 0 Å². The number of hydrogen-bond acceptors (Lipinski definition) is 3. The van der Waals surface area contributed by atoms with E-state index in [1.807, 2.05) is 0 Å². The molecule has 78 valence electrons. The highest BCUT2D eigenvalue weighted by molar-refractivity contribution is 5.79. The minimum Gasteiger partial charge on any atom is -0.481 e. The highest BCUT2D eigenvalue weighted by Crippen LogP contribution is 2.06. The van der Waals surface area contributed by atoms with Crippen LogP contribution in [-0.4, -0.2) is 17.0 Å². The number of rotatable bonds is 4. The first-order valence-corrected chi connectivity index (χ1v) is 4.27. The molecule has 0 radical (unpaired) electrons. The van der Waals surface area contributed by atoms with Crippen LogP contribution in [0.1, 0.15) is 11.1 Å². The van der Waals surface area contributed by atoms with Crippen LogP contribution in [0, 0.1) is 4.91 Å². The molecular formula is C10H9NO4. The van der Waals surface area contributed by atoms with E-state index in [1.54, 1.807) is 24.3 Å². The smallest absolute Gasteiger partial charge is 0.307 e. The molecule has 0 aliphatic rings. The quantitative estimate of drug-likeness (QED) is 0.750. The van der Waals surface area contributed by atoms with Crippen LogP contribution in [0.2, 0.25) is 0 Å². The molecule has 0 saturated heterocycles. The van der Waals surface area contributed by atoms with Crippen molar-refractivity contribution in [2.24, 2.45) is 5.18 Å². The average molecular weight is 207 g/mol. The topological polar surface area (TPSA) is 83.8 Å². The predicted octanol–water partition coefficient (Wildman–Crippen LogP) is 1.15. The van der Waals surface area contributed by atoms with Crippen LogP contribution < -0.4 is 0 Å². The molecule has 1 aromatic carbocycles. The SMILES string of the molecule is O=NC(=O)Cc1ccc(CC(=O)O)cc1. The van der Waals surface area contributed by atoms with Gasteiger partial charge >= 0.3 is 5.97 Å². The van der Waals surface area contributed by atoms with Crippen LogP contribution in [-0.2, 0) is 22.4 Å². The van der Waals surface area contributed by atoms with Gasteiger partial charge in [0, 0.05) is 5.18 Å². The van der Waals surface area contributed by atoms with Gasteiger partial charge in [0.2, 0.25) is 0 Å². The highest BCUT2D eigenvalue weighted by atomic mass is 16.4. The monoisotopic (exact) mass is 207 g/mol. The van der Waals surface area contributed by atoms with Gasteiger partial charge < -0.3 is 5.11 Å². The van der Waals surface area contributed by atoms with Crippen molar-refractivity contribution < 1.29 is 14.7 Å². The maximum atomic E-state index is 10.7. The van der Waals surface area contributed by atoms with Crippen molar-refractivity contribution in [2.45, 2.75) is 12.8 Å². The third-order valence-electron chi connectivity index (χ3n) is 1.84. The molecule has 0 aliphatic carbocycles. The summed E-state index contributed by atoms with van der Waals surface area (Å²) in [6.45, 7) is 0. The van der Waals surface area contributed by atoms with Crippen molar-refractivity contribution in [3.8, 4) is 0 Å². The lowest BCUT2D eigenvalue weighted by Gasteiger charge is -1.99. The Hall–Kier alpha value is -2.04. The summed E-state index contributed by atoms with van der Waals surface area (Å²) in [5, 5.41) is 10.8. The number of carboxylic acids is 1. The molecule has 1 aromatic rings. The van der Waals surface area contributed by atoms with Gasteiger partial charge in [0.25, 0.3) is 5.91 Å². The highest BCUT2D eigenvalue weighted by Gasteiger charge is 2.04. The summed E-state index contributed by atoms with van der Waals surface area (Å²) >= 11 is 0. The standard InChI is InChI=1S/C10H9NO4/c12-9(11-15)5-7-1-3-8(4-2-7)6-10(13)14/h1-4H,5-6H2,(H,13,14). The average Bonchev–Trinajstić information content (AvgIpc) is 2.20. The fourth-order valence-electron chi connectivity index (χ4n) is 1.16. The zero-order chi connectivity index (χ0) is 11.3. The van der Waals surface area contributed by atoms with Crippen LogP contribution >= 0.6 is 0 Å². The van der Waals surface area contributed by atoms with E-state index >= 15 is 0 Å². The van der Waals surface area contributed by atoms with Crippen molar-refractivity contribution in [1.82, 2.24) is 0 Å². The number of carboxylic acid groups (broad SMARTS) is 1. The molecule has 0 atom stereocenters. The normalized spacial score (nSPS) is 9.60. The van der Waals surface area contributed by atoms with E-state index in [9.17, 15) is 14.5 Å². The van der Waals surface area contributed by atoms with Crippen molar-refractivity contribution in [3.63, 3.8) is 0 Å². The number of amides is 1. The summed E-state index contributed by atoms with van der Waals surface area (Å²) in [7, 11) is 0. The van der Waals surface area contributed by atoms with Crippen LogP contribution in [0.15, 0.2) is 29.4 Å². The fourth-order valence-corrected chi connectivity index (χ4v) is 1.16. The second-order valence-electron chi connectivity index (χ2n) is 3.05. The molecule has 5 heteroatoms. The Morgan fingerprint density at radius 1 is 1.07 bits per heavy atom. The van der Waals surface area contributed by atoms with Gasteiger partial charge in [0.1, 0.15) is 0 Å². The lowest BCUT2D eigenvalue weighted by Crippen LogP contribution is -2.01. The number of aliphatic carboxylic acids is 1. The molecule has 0 bridgehead atoms. The van der Waals surface area contributed by atoms with E-state index in [0.29, 0.717) is 11.1 Å². The van der Waals surface area contributed by atoms with E-state index in [2.05, 4.69) is 5.18 Å². The molecule has 1 N–H and O–H groups in total. The number of carbonyl (C=O) groups excluding carboxylic acids is 1. The lowest BCUT2D eigenvalue weighted by atomic mass is 10.1. The van der Waals surface area contributed by atoms with Crippen LogP contribution in [0.25, 0.3) is 0 Å². The van der Waals surface area contributed by atoms with E-state index in [0.717, 1.165) is 0 Å². The van der Waals surface area contributed by atoms with Gasteiger partial charge in [-0.25, -0.2) is 0 Å². The molecule has 0 spiro atoms. The summed E-state index contributed by atoms with van der Waals surface area (Å²) in [6.07, 6.45) is -0.100. The van der Waals surface area contributed by atoms with Gasteiger partial charge in [-0.1, -0.05) is 24.3 Å². The molecule has 0 heterocycles. The first-order valence-electron chi connectivity index (χ1n) is 4.27. The number of nitrogens with zero attached hydrogens (tertiary/aromatic N) is 1. The van der Waals surface area contributed by atoms with E-state index in [1.165, 1.54) is 0 Å². The lowest BCUT2D eigenvalue weighted by molar-refractivity contribution is -0.136. The predicted molar refractivity (Wildman–Crippen MR) is 52.3 cm³/mol. The Balaban J connectivity index is 2.67. The molecule has 0 aliphatic heterocycles. The third-order valence-corrected chi connectivity index (χ3v) is 1.84. The molecule has 0 fully saturated rings. The Kier molecular flexibility index (Phi) is 3.68. The van der Waals surface area contributed by atoms with Crippen LogP contribution in [0.3, 0.4) is 0 Å². The molecule has 15 heavy (non-hydrogen) atoms. The number of hydrogen-bond donors (Lipinski definition) is 1. The molecule has 0 unspecified atom stereocenters. The zero-order valence-corrected chi connectivity index (χ0v) is 7.84. The molecule has 5 nitrogen and oxygen atoms in total. The van der Waals surface area contributed by atoms with Gasteiger partial charge in [0.05, 0.1) is 12.8 Å². The minimum atomic E-state index is -0.909. The summed E-state index contributed by atoms with van der Waals surface area (Å²) in [6, 6.07) is 6.45. The van der Waals surface area contributed by atoms with Gasteiger partial charge in [-0.3, -0.25) is 9.59 Å². The summed E-state index contributed by atoms with van der Waals surface area (Å²) in [5.74, 6) is -1.64. The van der Waals surface area contributed by atoms with Crippen molar-refractivity contribution in [1.29, 1.82) is 0 Å². The zero-order valence-electron chi connectivity index (χ0n) is 7.84. The first kappa shape index (κ1) is 11.0. The number of nitroso groups, excluding NO2 is 1. The maximum Gasteiger partial charge on any atom is 0.307 e. The van der Waals surface area contributed by atoms with Crippen molar-refractivity contribution >= 4 is 11.9 Å². The van der Waals surface area contributed by atoms with Gasteiger partial charge in [-0.05, 0) is 11.1 Å². The summed E-state index contributed by atoms with van der Waals surface area (Å²) in [4.78, 5) is 30.9. The van der Waals surface area contributed by atoms with Crippen molar-refractivity contribution in [3.05, 3.63) is 40.3 Å². The first-order chi connectivity index (χ1) is 7.11. The summed E-state index contributed by atoms with van der Waals surface area (Å²) < 4.78 is 0. The van der Waals surface area contributed by atoms with E-state index in [4.69, 9.17) is 5.11 Å².